The third kappa shape index (κ3) is 2.70. The van der Waals surface area contributed by atoms with Crippen LogP contribution in [0.1, 0.15) is 19.8 Å². The SMILES string of the molecule is CCOC(=O)[C@@H]1CCC(=O)N1.Cl. The lowest BCUT2D eigenvalue weighted by Gasteiger charge is -2.07. The van der Waals surface area contributed by atoms with Gasteiger partial charge in [0.05, 0.1) is 6.61 Å². The molecule has 12 heavy (non-hydrogen) atoms. The molecule has 0 aliphatic carbocycles. The Bertz CT molecular complexity index is 183. The minimum atomic E-state index is -0.401. The Kier molecular flexibility index (Phi) is 4.66. The maximum atomic E-state index is 11.0. The molecule has 1 atom stereocenters. The van der Waals surface area contributed by atoms with Crippen molar-refractivity contribution < 1.29 is 14.3 Å². The van der Waals surface area contributed by atoms with Crippen LogP contribution >= 0.6 is 12.4 Å². The van der Waals surface area contributed by atoms with Crippen LogP contribution in [0.4, 0.5) is 0 Å². The van der Waals surface area contributed by atoms with Gasteiger partial charge in [0.25, 0.3) is 0 Å². The molecule has 1 saturated heterocycles. The average molecular weight is 194 g/mol. The highest BCUT2D eigenvalue weighted by molar-refractivity contribution is 5.88. The van der Waals surface area contributed by atoms with Crippen LogP contribution in [-0.4, -0.2) is 24.5 Å². The van der Waals surface area contributed by atoms with Gasteiger partial charge in [0, 0.05) is 6.42 Å². The van der Waals surface area contributed by atoms with E-state index in [1.165, 1.54) is 0 Å². The van der Waals surface area contributed by atoms with Crippen LogP contribution in [0.3, 0.4) is 0 Å². The lowest BCUT2D eigenvalue weighted by Crippen LogP contribution is -2.34. The largest absolute Gasteiger partial charge is 0.464 e. The highest BCUT2D eigenvalue weighted by atomic mass is 35.5. The van der Waals surface area contributed by atoms with Crippen molar-refractivity contribution >= 4 is 24.3 Å². The molecular weight excluding hydrogens is 182 g/mol. The van der Waals surface area contributed by atoms with E-state index in [-0.39, 0.29) is 24.3 Å². The number of amides is 1. The van der Waals surface area contributed by atoms with Gasteiger partial charge in [0.1, 0.15) is 6.04 Å². The van der Waals surface area contributed by atoms with E-state index in [4.69, 9.17) is 4.74 Å². The van der Waals surface area contributed by atoms with Crippen LogP contribution in [0.25, 0.3) is 0 Å². The minimum Gasteiger partial charge on any atom is -0.464 e. The van der Waals surface area contributed by atoms with Gasteiger partial charge >= 0.3 is 5.97 Å². The van der Waals surface area contributed by atoms with Crippen molar-refractivity contribution in [3.8, 4) is 0 Å². The molecule has 1 aliphatic rings. The lowest BCUT2D eigenvalue weighted by atomic mass is 10.2. The summed E-state index contributed by atoms with van der Waals surface area (Å²) in [6.45, 7) is 2.11. The van der Waals surface area contributed by atoms with E-state index < -0.39 is 6.04 Å². The molecule has 1 rings (SSSR count). The second-order valence-electron chi connectivity index (χ2n) is 2.41. The molecule has 0 spiro atoms. The molecule has 0 bridgehead atoms. The monoisotopic (exact) mass is 193 g/mol. The quantitative estimate of drug-likeness (QED) is 0.640. The van der Waals surface area contributed by atoms with Crippen LogP contribution in [0, 0.1) is 0 Å². The molecule has 70 valence electrons. The van der Waals surface area contributed by atoms with E-state index in [2.05, 4.69) is 5.32 Å². The molecule has 1 N–H and O–H groups in total. The first-order chi connectivity index (χ1) is 5.24. The Labute approximate surface area is 77.1 Å². The maximum Gasteiger partial charge on any atom is 0.328 e. The summed E-state index contributed by atoms with van der Waals surface area (Å²) in [6, 6.07) is -0.401. The van der Waals surface area contributed by atoms with Gasteiger partial charge in [-0.2, -0.15) is 0 Å². The molecule has 0 unspecified atom stereocenters. The molecule has 1 amide bonds. The van der Waals surface area contributed by atoms with Crippen LogP contribution in [-0.2, 0) is 14.3 Å². The molecule has 1 aliphatic heterocycles. The Hall–Kier alpha value is -0.770. The number of halogens is 1. The van der Waals surface area contributed by atoms with Crippen LogP contribution in [0.15, 0.2) is 0 Å². The highest BCUT2D eigenvalue weighted by Gasteiger charge is 2.27. The van der Waals surface area contributed by atoms with Gasteiger partial charge in [-0.05, 0) is 13.3 Å². The van der Waals surface area contributed by atoms with Crippen LogP contribution < -0.4 is 5.32 Å². The summed E-state index contributed by atoms with van der Waals surface area (Å²) in [5.41, 5.74) is 0. The number of hydrogen-bond donors (Lipinski definition) is 1. The maximum absolute atomic E-state index is 11.0. The van der Waals surface area contributed by atoms with Crippen molar-refractivity contribution in [3.05, 3.63) is 0 Å². The van der Waals surface area contributed by atoms with Gasteiger partial charge in [0.2, 0.25) is 5.91 Å². The molecule has 5 heteroatoms. The third-order valence-corrected chi connectivity index (χ3v) is 1.57. The van der Waals surface area contributed by atoms with E-state index in [9.17, 15) is 9.59 Å². The summed E-state index contributed by atoms with van der Waals surface area (Å²) in [5, 5.41) is 2.52. The predicted molar refractivity (Wildman–Crippen MR) is 45.0 cm³/mol. The van der Waals surface area contributed by atoms with E-state index in [1.54, 1.807) is 6.92 Å². The fourth-order valence-corrected chi connectivity index (χ4v) is 1.03. The van der Waals surface area contributed by atoms with Gasteiger partial charge in [-0.15, -0.1) is 12.4 Å². The van der Waals surface area contributed by atoms with Crippen molar-refractivity contribution in [2.24, 2.45) is 0 Å². The fourth-order valence-electron chi connectivity index (χ4n) is 1.03. The zero-order valence-corrected chi connectivity index (χ0v) is 7.65. The van der Waals surface area contributed by atoms with E-state index in [0.717, 1.165) is 0 Å². The summed E-state index contributed by atoms with van der Waals surface area (Å²) < 4.78 is 4.72. The Morgan fingerprint density at radius 3 is 2.83 bits per heavy atom. The second-order valence-corrected chi connectivity index (χ2v) is 2.41. The van der Waals surface area contributed by atoms with Gasteiger partial charge < -0.3 is 10.1 Å². The number of carbonyl (C=O) groups excluding carboxylic acids is 2. The molecule has 0 aromatic heterocycles. The molecule has 0 aromatic rings. The summed E-state index contributed by atoms with van der Waals surface area (Å²) >= 11 is 0. The average Bonchev–Trinajstić information content (AvgIpc) is 2.36. The molecular formula is C7H12ClNO3. The van der Waals surface area contributed by atoms with E-state index in [1.807, 2.05) is 0 Å². The molecule has 0 saturated carbocycles. The van der Waals surface area contributed by atoms with Gasteiger partial charge in [-0.25, -0.2) is 4.79 Å². The van der Waals surface area contributed by atoms with Crippen molar-refractivity contribution in [3.63, 3.8) is 0 Å². The van der Waals surface area contributed by atoms with Gasteiger partial charge in [-0.3, -0.25) is 4.79 Å². The van der Waals surface area contributed by atoms with Crippen LogP contribution in [0.2, 0.25) is 0 Å². The number of esters is 1. The first kappa shape index (κ1) is 11.2. The van der Waals surface area contributed by atoms with Crippen molar-refractivity contribution in [1.29, 1.82) is 0 Å². The van der Waals surface area contributed by atoms with Crippen molar-refractivity contribution in [1.82, 2.24) is 5.32 Å². The lowest BCUT2D eigenvalue weighted by molar-refractivity contribution is -0.145. The summed E-state index contributed by atoms with van der Waals surface area (Å²) in [5.74, 6) is -0.388. The number of ether oxygens (including phenoxy) is 1. The van der Waals surface area contributed by atoms with Gasteiger partial charge in [-0.1, -0.05) is 0 Å². The summed E-state index contributed by atoms with van der Waals surface area (Å²) in [6.07, 6.45) is 1.00. The third-order valence-electron chi connectivity index (χ3n) is 1.57. The zero-order valence-electron chi connectivity index (χ0n) is 6.83. The normalized spacial score (nSPS) is 21.1. The molecule has 0 aromatic carbocycles. The highest BCUT2D eigenvalue weighted by Crippen LogP contribution is 2.07. The first-order valence-corrected chi connectivity index (χ1v) is 3.70. The summed E-state index contributed by atoms with van der Waals surface area (Å²) in [4.78, 5) is 21.6. The molecule has 1 fully saturated rings. The Morgan fingerprint density at radius 1 is 1.75 bits per heavy atom. The first-order valence-electron chi connectivity index (χ1n) is 3.70. The standard InChI is InChI=1S/C7H11NO3.ClH/c1-2-11-7(10)5-3-4-6(9)8-5;/h5H,2-4H2,1H3,(H,8,9);1H/t5-;/m0./s1. The number of nitrogens with one attached hydrogen (secondary N) is 1. The summed E-state index contributed by atoms with van der Waals surface area (Å²) in [7, 11) is 0. The second kappa shape index (κ2) is 4.98. The Balaban J connectivity index is 0.00000121. The molecule has 0 radical (unpaired) electrons. The number of hydrogen-bond acceptors (Lipinski definition) is 3. The van der Waals surface area contributed by atoms with Gasteiger partial charge in [0.15, 0.2) is 0 Å². The van der Waals surface area contributed by atoms with E-state index in [0.29, 0.717) is 19.4 Å². The molecule has 1 heterocycles. The van der Waals surface area contributed by atoms with Crippen LogP contribution in [0.5, 0.6) is 0 Å². The molecule has 4 nitrogen and oxygen atoms in total. The van der Waals surface area contributed by atoms with Crippen molar-refractivity contribution in [2.75, 3.05) is 6.61 Å². The number of rotatable bonds is 2. The predicted octanol–water partition coefficient (Wildman–Crippen LogP) is 0.250. The Morgan fingerprint density at radius 2 is 2.42 bits per heavy atom. The topological polar surface area (TPSA) is 55.4 Å². The van der Waals surface area contributed by atoms with E-state index >= 15 is 0 Å². The smallest absolute Gasteiger partial charge is 0.328 e. The fraction of sp³-hybridized carbons (Fsp3) is 0.714. The van der Waals surface area contributed by atoms with Crippen molar-refractivity contribution in [2.45, 2.75) is 25.8 Å². The minimum absolute atomic E-state index is 0. The zero-order chi connectivity index (χ0) is 8.27. The number of carbonyl (C=O) groups is 2.